The summed E-state index contributed by atoms with van der Waals surface area (Å²) in [4.78, 5) is 15.0. The van der Waals surface area contributed by atoms with Gasteiger partial charge in [-0.1, -0.05) is 36.4 Å². The van der Waals surface area contributed by atoms with Crippen LogP contribution >= 0.6 is 11.3 Å². The number of ether oxygens (including phenoxy) is 1. The minimum atomic E-state index is -4.53. The number of aromatic nitrogens is 1. The molecule has 0 saturated heterocycles. The largest absolute Gasteiger partial charge is 0.457 e. The summed E-state index contributed by atoms with van der Waals surface area (Å²) in [6.45, 7) is 0. The van der Waals surface area contributed by atoms with Gasteiger partial charge in [-0.2, -0.15) is 18.3 Å². The normalized spacial score (nSPS) is 11.5. The van der Waals surface area contributed by atoms with Gasteiger partial charge in [-0.25, -0.2) is 4.98 Å². The molecule has 0 spiro atoms. The van der Waals surface area contributed by atoms with Crippen molar-refractivity contribution in [1.82, 2.24) is 4.98 Å². The molecule has 0 unspecified atom stereocenters. The van der Waals surface area contributed by atoms with Gasteiger partial charge in [-0.3, -0.25) is 15.5 Å². The fraction of sp³-hybridized carbons (Fsp3) is 0.0435. The third-order valence-corrected chi connectivity index (χ3v) is 5.28. The van der Waals surface area contributed by atoms with Crippen LogP contribution in [0.5, 0.6) is 11.5 Å². The van der Waals surface area contributed by atoms with Gasteiger partial charge in [-0.05, 0) is 24.3 Å². The molecule has 4 aromatic rings. The average molecular weight is 484 g/mol. The van der Waals surface area contributed by atoms with Gasteiger partial charge in [0.2, 0.25) is 5.13 Å². The molecule has 0 bridgehead atoms. The van der Waals surface area contributed by atoms with E-state index in [1.807, 2.05) is 35.7 Å². The summed E-state index contributed by atoms with van der Waals surface area (Å²) in [5.41, 5.74) is 3.54. The zero-order chi connectivity index (χ0) is 24.1. The maximum absolute atomic E-state index is 13.0. The molecule has 1 N–H and O–H groups in total. The van der Waals surface area contributed by atoms with E-state index in [1.54, 1.807) is 0 Å². The number of alkyl halides is 3. The van der Waals surface area contributed by atoms with Crippen LogP contribution in [0.3, 0.4) is 0 Å². The SMILES string of the molecule is O=[N+]([O-])c1ccc(Oc2cccc(C(F)(F)F)c2)c(C=NNc2nc(-c3ccccc3)cs2)c1. The van der Waals surface area contributed by atoms with Crippen LogP contribution in [0.2, 0.25) is 0 Å². The summed E-state index contributed by atoms with van der Waals surface area (Å²) < 4.78 is 44.6. The number of hydrogen-bond donors (Lipinski definition) is 1. The number of anilines is 1. The number of nitro groups is 1. The Morgan fingerprint density at radius 3 is 2.59 bits per heavy atom. The predicted molar refractivity (Wildman–Crippen MR) is 123 cm³/mol. The van der Waals surface area contributed by atoms with Crippen molar-refractivity contribution in [3.05, 3.63) is 99.4 Å². The number of nitrogens with zero attached hydrogens (tertiary/aromatic N) is 3. The number of hydrogen-bond acceptors (Lipinski definition) is 7. The van der Waals surface area contributed by atoms with Crippen molar-refractivity contribution in [2.24, 2.45) is 5.10 Å². The molecule has 0 aliphatic rings. The molecule has 0 radical (unpaired) electrons. The zero-order valence-corrected chi connectivity index (χ0v) is 18.0. The van der Waals surface area contributed by atoms with Gasteiger partial charge >= 0.3 is 6.18 Å². The zero-order valence-electron chi connectivity index (χ0n) is 17.2. The van der Waals surface area contributed by atoms with E-state index in [1.165, 1.54) is 47.9 Å². The Bertz CT molecular complexity index is 1340. The summed E-state index contributed by atoms with van der Waals surface area (Å²) >= 11 is 1.32. The van der Waals surface area contributed by atoms with Crippen molar-refractivity contribution in [2.75, 3.05) is 5.43 Å². The first-order valence-electron chi connectivity index (χ1n) is 9.73. The van der Waals surface area contributed by atoms with Crippen LogP contribution in [0.15, 0.2) is 83.3 Å². The summed E-state index contributed by atoms with van der Waals surface area (Å²) in [6.07, 6.45) is -3.26. The lowest BCUT2D eigenvalue weighted by Crippen LogP contribution is -2.04. The van der Waals surface area contributed by atoms with E-state index in [2.05, 4.69) is 15.5 Å². The maximum atomic E-state index is 13.0. The number of thiazole rings is 1. The Balaban J connectivity index is 1.56. The van der Waals surface area contributed by atoms with Gasteiger partial charge in [0, 0.05) is 28.6 Å². The molecule has 11 heteroatoms. The Kier molecular flexibility index (Phi) is 6.55. The van der Waals surface area contributed by atoms with Crippen molar-refractivity contribution < 1.29 is 22.8 Å². The van der Waals surface area contributed by atoms with Crippen LogP contribution in [0.1, 0.15) is 11.1 Å². The molecular weight excluding hydrogens is 469 g/mol. The third-order valence-electron chi connectivity index (χ3n) is 4.53. The topological polar surface area (TPSA) is 89.7 Å². The molecule has 34 heavy (non-hydrogen) atoms. The minimum absolute atomic E-state index is 0.0706. The monoisotopic (exact) mass is 484 g/mol. The average Bonchev–Trinajstić information content (AvgIpc) is 3.29. The number of non-ortho nitro benzene ring substituents is 1. The molecule has 172 valence electrons. The highest BCUT2D eigenvalue weighted by atomic mass is 32.1. The molecule has 3 aromatic carbocycles. The number of nitro benzene ring substituents is 1. The summed E-state index contributed by atoms with van der Waals surface area (Å²) in [5, 5.41) is 17.6. The van der Waals surface area contributed by atoms with Crippen LogP contribution in [-0.2, 0) is 6.18 Å². The molecule has 0 fully saturated rings. The standard InChI is InChI=1S/C23H15F3N4O3S/c24-23(25,26)17-7-4-8-19(12-17)33-21-10-9-18(30(31)32)11-16(21)13-27-29-22-28-20(14-34-22)15-5-2-1-3-6-15/h1-14H,(H,28,29). The van der Waals surface area contributed by atoms with Crippen LogP contribution in [0.25, 0.3) is 11.3 Å². The molecule has 0 amide bonds. The first kappa shape index (κ1) is 22.9. The van der Waals surface area contributed by atoms with E-state index in [4.69, 9.17) is 4.74 Å². The van der Waals surface area contributed by atoms with E-state index in [0.29, 0.717) is 5.13 Å². The highest BCUT2D eigenvalue weighted by Gasteiger charge is 2.30. The van der Waals surface area contributed by atoms with Gasteiger partial charge in [0.15, 0.2) is 0 Å². The molecule has 0 aliphatic heterocycles. The smallest absolute Gasteiger partial charge is 0.416 e. The second-order valence-corrected chi connectivity index (χ2v) is 7.74. The lowest BCUT2D eigenvalue weighted by atomic mass is 10.2. The Hall–Kier alpha value is -4.25. The minimum Gasteiger partial charge on any atom is -0.457 e. The van der Waals surface area contributed by atoms with E-state index in [-0.39, 0.29) is 22.7 Å². The number of halogens is 3. The molecular formula is C23H15F3N4O3S. The second-order valence-electron chi connectivity index (χ2n) is 6.88. The van der Waals surface area contributed by atoms with E-state index >= 15 is 0 Å². The second kappa shape index (κ2) is 9.71. The van der Waals surface area contributed by atoms with Gasteiger partial charge in [0.1, 0.15) is 11.5 Å². The van der Waals surface area contributed by atoms with Gasteiger partial charge in [-0.15, -0.1) is 11.3 Å². The predicted octanol–water partition coefficient (Wildman–Crippen LogP) is 6.98. The molecule has 7 nitrogen and oxygen atoms in total. The summed E-state index contributed by atoms with van der Waals surface area (Å²) in [7, 11) is 0. The van der Waals surface area contributed by atoms with Crippen molar-refractivity contribution in [3.63, 3.8) is 0 Å². The fourth-order valence-electron chi connectivity index (χ4n) is 2.93. The number of hydrazone groups is 1. The molecule has 4 rings (SSSR count). The number of rotatable bonds is 7. The first-order chi connectivity index (χ1) is 16.3. The van der Waals surface area contributed by atoms with Crippen molar-refractivity contribution in [1.29, 1.82) is 0 Å². The molecule has 0 saturated carbocycles. The Morgan fingerprint density at radius 2 is 1.85 bits per heavy atom. The maximum Gasteiger partial charge on any atom is 0.416 e. The van der Waals surface area contributed by atoms with Gasteiger partial charge in [0.05, 0.1) is 22.4 Å². The van der Waals surface area contributed by atoms with Crippen LogP contribution in [0, 0.1) is 10.1 Å². The van der Waals surface area contributed by atoms with Gasteiger partial charge < -0.3 is 4.74 Å². The third kappa shape index (κ3) is 5.56. The van der Waals surface area contributed by atoms with Gasteiger partial charge in [0.25, 0.3) is 5.69 Å². The van der Waals surface area contributed by atoms with E-state index in [9.17, 15) is 23.3 Å². The summed E-state index contributed by atoms with van der Waals surface area (Å²) in [6, 6.07) is 17.6. The van der Waals surface area contributed by atoms with E-state index < -0.39 is 16.7 Å². The quantitative estimate of drug-likeness (QED) is 0.174. The highest BCUT2D eigenvalue weighted by molar-refractivity contribution is 7.14. The molecule has 1 heterocycles. The van der Waals surface area contributed by atoms with Crippen LogP contribution in [-0.4, -0.2) is 16.1 Å². The van der Waals surface area contributed by atoms with Crippen molar-refractivity contribution >= 4 is 28.4 Å². The number of benzene rings is 3. The van der Waals surface area contributed by atoms with Crippen molar-refractivity contribution in [2.45, 2.75) is 6.18 Å². The molecule has 0 aliphatic carbocycles. The molecule has 1 aromatic heterocycles. The van der Waals surface area contributed by atoms with Crippen LogP contribution in [0.4, 0.5) is 24.0 Å². The lowest BCUT2D eigenvalue weighted by Gasteiger charge is -2.11. The fourth-order valence-corrected chi connectivity index (χ4v) is 3.60. The summed E-state index contributed by atoms with van der Waals surface area (Å²) in [5.74, 6) is 0.0262. The lowest BCUT2D eigenvalue weighted by molar-refractivity contribution is -0.384. The van der Waals surface area contributed by atoms with Crippen molar-refractivity contribution in [3.8, 4) is 22.8 Å². The van der Waals surface area contributed by atoms with Crippen LogP contribution < -0.4 is 10.2 Å². The first-order valence-corrected chi connectivity index (χ1v) is 10.6. The Morgan fingerprint density at radius 1 is 1.06 bits per heavy atom. The van der Waals surface area contributed by atoms with E-state index in [0.717, 1.165) is 23.4 Å². The highest BCUT2D eigenvalue weighted by Crippen LogP contribution is 2.34. The molecule has 0 atom stereocenters. The Labute approximate surface area is 195 Å². The number of nitrogens with one attached hydrogen (secondary N) is 1.